The zero-order chi connectivity index (χ0) is 13.2. The van der Waals surface area contributed by atoms with E-state index in [0.29, 0.717) is 6.54 Å². The molecule has 0 aliphatic heterocycles. The van der Waals surface area contributed by atoms with Crippen molar-refractivity contribution in [2.24, 2.45) is 5.73 Å². The summed E-state index contributed by atoms with van der Waals surface area (Å²) in [5, 5.41) is 0.929. The average molecular weight is 254 g/mol. The maximum absolute atomic E-state index is 13.1. The number of aromatic nitrogens is 1. The number of nitrogens with zero attached hydrogens (tertiary/aromatic N) is 1. The number of fused-ring (bicyclic) bond motifs is 1. The van der Waals surface area contributed by atoms with Gasteiger partial charge in [0.2, 0.25) is 0 Å². The van der Waals surface area contributed by atoms with E-state index in [9.17, 15) is 4.39 Å². The summed E-state index contributed by atoms with van der Waals surface area (Å²) in [6.07, 6.45) is 1.99. The Bertz CT molecular complexity index is 698. The van der Waals surface area contributed by atoms with E-state index in [0.717, 1.165) is 23.0 Å². The Morgan fingerprint density at radius 2 is 1.68 bits per heavy atom. The van der Waals surface area contributed by atoms with Crippen LogP contribution in [0.1, 0.15) is 11.1 Å². The van der Waals surface area contributed by atoms with E-state index in [2.05, 4.69) is 16.7 Å². The van der Waals surface area contributed by atoms with Crippen molar-refractivity contribution in [2.75, 3.05) is 0 Å². The third-order valence-corrected chi connectivity index (χ3v) is 3.34. The van der Waals surface area contributed by atoms with E-state index in [4.69, 9.17) is 5.73 Å². The Morgan fingerprint density at radius 3 is 2.42 bits per heavy atom. The van der Waals surface area contributed by atoms with Crippen LogP contribution in [0.15, 0.2) is 54.7 Å². The summed E-state index contributed by atoms with van der Waals surface area (Å²) >= 11 is 0. The molecule has 0 aliphatic carbocycles. The van der Waals surface area contributed by atoms with Gasteiger partial charge in [-0.15, -0.1) is 0 Å². The van der Waals surface area contributed by atoms with Crippen LogP contribution in [0.25, 0.3) is 10.9 Å². The molecule has 0 unspecified atom stereocenters. The van der Waals surface area contributed by atoms with Crippen LogP contribution in [0.4, 0.5) is 4.39 Å². The van der Waals surface area contributed by atoms with Gasteiger partial charge in [-0.25, -0.2) is 4.39 Å². The molecule has 3 heteroatoms. The van der Waals surface area contributed by atoms with Crippen molar-refractivity contribution in [3.8, 4) is 0 Å². The van der Waals surface area contributed by atoms with Crippen LogP contribution in [-0.2, 0) is 13.1 Å². The molecule has 3 aromatic rings. The lowest BCUT2D eigenvalue weighted by molar-refractivity contribution is 0.629. The second kappa shape index (κ2) is 4.86. The lowest BCUT2D eigenvalue weighted by atomic mass is 10.1. The highest BCUT2D eigenvalue weighted by atomic mass is 19.1. The maximum atomic E-state index is 13.1. The van der Waals surface area contributed by atoms with Gasteiger partial charge in [0.25, 0.3) is 0 Å². The van der Waals surface area contributed by atoms with Crippen LogP contribution in [0.3, 0.4) is 0 Å². The fourth-order valence-electron chi connectivity index (χ4n) is 2.29. The molecule has 0 amide bonds. The van der Waals surface area contributed by atoms with Crippen molar-refractivity contribution >= 4 is 10.9 Å². The molecule has 0 saturated heterocycles. The number of hydrogen-bond donors (Lipinski definition) is 1. The molecule has 3 rings (SSSR count). The van der Waals surface area contributed by atoms with E-state index in [1.54, 1.807) is 6.07 Å². The summed E-state index contributed by atoms with van der Waals surface area (Å²) in [5.74, 6) is -0.197. The molecule has 1 heterocycles. The molecule has 19 heavy (non-hydrogen) atoms. The summed E-state index contributed by atoms with van der Waals surface area (Å²) in [6, 6.07) is 15.1. The van der Waals surface area contributed by atoms with Crippen LogP contribution < -0.4 is 5.73 Å². The summed E-state index contributed by atoms with van der Waals surface area (Å²) < 4.78 is 15.3. The smallest absolute Gasteiger partial charge is 0.123 e. The Hall–Kier alpha value is -2.13. The molecule has 2 aromatic carbocycles. The van der Waals surface area contributed by atoms with E-state index in [1.165, 1.54) is 11.6 Å². The van der Waals surface area contributed by atoms with Crippen molar-refractivity contribution in [1.82, 2.24) is 4.57 Å². The molecular formula is C16H15FN2. The molecule has 0 saturated carbocycles. The van der Waals surface area contributed by atoms with Gasteiger partial charge < -0.3 is 10.3 Å². The fourth-order valence-corrected chi connectivity index (χ4v) is 2.29. The minimum atomic E-state index is -0.197. The van der Waals surface area contributed by atoms with Gasteiger partial charge in [-0.2, -0.15) is 0 Å². The molecule has 1 aromatic heterocycles. The molecule has 2 nitrogen and oxygen atoms in total. The minimum absolute atomic E-state index is 0.197. The van der Waals surface area contributed by atoms with E-state index in [-0.39, 0.29) is 5.82 Å². The van der Waals surface area contributed by atoms with E-state index in [1.807, 2.05) is 30.5 Å². The predicted molar refractivity (Wildman–Crippen MR) is 75.3 cm³/mol. The molecule has 2 N–H and O–H groups in total. The zero-order valence-electron chi connectivity index (χ0n) is 10.5. The van der Waals surface area contributed by atoms with Gasteiger partial charge in [-0.05, 0) is 35.4 Å². The summed E-state index contributed by atoms with van der Waals surface area (Å²) in [7, 11) is 0. The van der Waals surface area contributed by atoms with Crippen molar-refractivity contribution < 1.29 is 4.39 Å². The third-order valence-electron chi connectivity index (χ3n) is 3.34. The molecule has 0 radical (unpaired) electrons. The molecule has 0 aliphatic rings. The van der Waals surface area contributed by atoms with Crippen LogP contribution >= 0.6 is 0 Å². The summed E-state index contributed by atoms with van der Waals surface area (Å²) in [4.78, 5) is 0. The van der Waals surface area contributed by atoms with Crippen LogP contribution in [0.5, 0.6) is 0 Å². The van der Waals surface area contributed by atoms with Gasteiger partial charge in [0.05, 0.1) is 0 Å². The van der Waals surface area contributed by atoms with Crippen molar-refractivity contribution in [3.63, 3.8) is 0 Å². The normalized spacial score (nSPS) is 11.1. The zero-order valence-corrected chi connectivity index (χ0v) is 10.5. The first kappa shape index (κ1) is 11.9. The van der Waals surface area contributed by atoms with Crippen molar-refractivity contribution in [2.45, 2.75) is 13.1 Å². The highest BCUT2D eigenvalue weighted by Gasteiger charge is 2.03. The molecule has 0 fully saturated rings. The largest absolute Gasteiger partial charge is 0.343 e. The molecule has 0 atom stereocenters. The quantitative estimate of drug-likeness (QED) is 0.764. The van der Waals surface area contributed by atoms with Crippen molar-refractivity contribution in [3.05, 3.63) is 71.7 Å². The Balaban J connectivity index is 1.92. The molecule has 96 valence electrons. The Labute approximate surface area is 111 Å². The number of halogens is 1. The SMILES string of the molecule is NCc1ccc(Cn2ccc3cc(F)ccc32)cc1. The number of benzene rings is 2. The monoisotopic (exact) mass is 254 g/mol. The van der Waals surface area contributed by atoms with Gasteiger partial charge >= 0.3 is 0 Å². The van der Waals surface area contributed by atoms with Gasteiger partial charge in [0, 0.05) is 30.2 Å². The van der Waals surface area contributed by atoms with Crippen LogP contribution in [0, 0.1) is 5.82 Å². The second-order valence-corrected chi connectivity index (χ2v) is 4.67. The van der Waals surface area contributed by atoms with E-state index < -0.39 is 0 Å². The van der Waals surface area contributed by atoms with E-state index >= 15 is 0 Å². The minimum Gasteiger partial charge on any atom is -0.343 e. The summed E-state index contributed by atoms with van der Waals surface area (Å²) in [5.41, 5.74) is 8.96. The van der Waals surface area contributed by atoms with Gasteiger partial charge in [-0.3, -0.25) is 0 Å². The maximum Gasteiger partial charge on any atom is 0.123 e. The van der Waals surface area contributed by atoms with Crippen molar-refractivity contribution in [1.29, 1.82) is 0 Å². The van der Waals surface area contributed by atoms with Gasteiger partial charge in [0.1, 0.15) is 5.82 Å². The van der Waals surface area contributed by atoms with Gasteiger partial charge in [0.15, 0.2) is 0 Å². The lowest BCUT2D eigenvalue weighted by Gasteiger charge is -2.06. The number of rotatable bonds is 3. The molecule has 0 spiro atoms. The highest BCUT2D eigenvalue weighted by molar-refractivity contribution is 5.80. The summed E-state index contributed by atoms with van der Waals surface area (Å²) in [6.45, 7) is 1.34. The Morgan fingerprint density at radius 1 is 0.947 bits per heavy atom. The predicted octanol–water partition coefficient (Wildman–Crippen LogP) is 3.29. The van der Waals surface area contributed by atoms with Crippen LogP contribution in [0.2, 0.25) is 0 Å². The first-order valence-electron chi connectivity index (χ1n) is 6.28. The Kier molecular flexibility index (Phi) is 3.05. The topological polar surface area (TPSA) is 30.9 Å². The highest BCUT2D eigenvalue weighted by Crippen LogP contribution is 2.18. The average Bonchev–Trinajstić information content (AvgIpc) is 2.82. The van der Waals surface area contributed by atoms with Gasteiger partial charge in [-0.1, -0.05) is 24.3 Å². The second-order valence-electron chi connectivity index (χ2n) is 4.67. The number of nitrogens with two attached hydrogens (primary N) is 1. The fraction of sp³-hybridized carbons (Fsp3) is 0.125. The third kappa shape index (κ3) is 2.37. The lowest BCUT2D eigenvalue weighted by Crippen LogP contribution is -1.99. The number of hydrogen-bond acceptors (Lipinski definition) is 1. The molecule has 0 bridgehead atoms. The first-order valence-corrected chi connectivity index (χ1v) is 6.28. The van der Waals surface area contributed by atoms with Crippen LogP contribution in [-0.4, -0.2) is 4.57 Å². The first-order chi connectivity index (χ1) is 9.26. The molecular weight excluding hydrogens is 239 g/mol. The standard InChI is InChI=1S/C16H15FN2/c17-15-5-6-16-14(9-15)7-8-19(16)11-13-3-1-12(10-18)2-4-13/h1-9H,10-11,18H2.